The zero-order valence-electron chi connectivity index (χ0n) is 15.3. The number of aryl methyl sites for hydroxylation is 1. The van der Waals surface area contributed by atoms with Gasteiger partial charge in [-0.1, -0.05) is 6.92 Å². The Bertz CT molecular complexity index is 992. The summed E-state index contributed by atoms with van der Waals surface area (Å²) in [7, 11) is -2.55. The van der Waals surface area contributed by atoms with Crippen LogP contribution in [0, 0.1) is 6.92 Å². The number of carbonyl (C=O) groups is 1. The van der Waals surface area contributed by atoms with Gasteiger partial charge in [0.05, 0.1) is 18.4 Å². The summed E-state index contributed by atoms with van der Waals surface area (Å²) in [6, 6.07) is 3.53. The highest BCUT2D eigenvalue weighted by molar-refractivity contribution is 7.91. The van der Waals surface area contributed by atoms with E-state index in [9.17, 15) is 26.4 Å². The summed E-state index contributed by atoms with van der Waals surface area (Å²) in [5.41, 5.74) is -0.927. The molecule has 0 amide bonds. The van der Waals surface area contributed by atoms with Crippen molar-refractivity contribution in [2.75, 3.05) is 18.2 Å². The third kappa shape index (κ3) is 4.77. The molecule has 2 rings (SSSR count). The van der Waals surface area contributed by atoms with Crippen molar-refractivity contribution in [3.63, 3.8) is 0 Å². The van der Waals surface area contributed by atoms with Crippen LogP contribution in [0.3, 0.4) is 0 Å². The van der Waals surface area contributed by atoms with Gasteiger partial charge in [0.25, 0.3) is 0 Å². The van der Waals surface area contributed by atoms with Crippen LogP contribution in [0.1, 0.15) is 34.2 Å². The van der Waals surface area contributed by atoms with Gasteiger partial charge < -0.3 is 10.1 Å². The van der Waals surface area contributed by atoms with Gasteiger partial charge in [-0.15, -0.1) is 0 Å². The molecule has 0 fully saturated rings. The highest BCUT2D eigenvalue weighted by Gasteiger charge is 2.34. The number of carbonyl (C=O) groups excluding carboxylic acids is 1. The normalized spacial score (nSPS) is 11.9. The molecule has 0 atom stereocenters. The number of nitrogens with zero attached hydrogens (tertiary/aromatic N) is 2. The number of rotatable bonds is 6. The van der Waals surface area contributed by atoms with Crippen LogP contribution in [0.4, 0.5) is 19.0 Å². The Hall–Kier alpha value is -2.69. The third-order valence-electron chi connectivity index (χ3n) is 3.84. The molecule has 0 aliphatic rings. The number of esters is 1. The van der Waals surface area contributed by atoms with Gasteiger partial charge in [0.15, 0.2) is 9.84 Å². The molecule has 11 heteroatoms. The Balaban J connectivity index is 2.43. The lowest BCUT2D eigenvalue weighted by molar-refractivity contribution is -0.141. The SMILES string of the molecule is CCS(=O)(=O)c1ccc(C)nc1NCc1cnc(C(F)(F)F)cc1C(=O)OC. The van der Waals surface area contributed by atoms with E-state index < -0.39 is 27.7 Å². The summed E-state index contributed by atoms with van der Waals surface area (Å²) in [6.45, 7) is 2.96. The average Bonchev–Trinajstić information content (AvgIpc) is 2.64. The molecule has 152 valence electrons. The number of anilines is 1. The Morgan fingerprint density at radius 1 is 1.29 bits per heavy atom. The molecule has 2 aromatic rings. The summed E-state index contributed by atoms with van der Waals surface area (Å²) in [5, 5.41) is 2.77. The lowest BCUT2D eigenvalue weighted by Gasteiger charge is -2.14. The van der Waals surface area contributed by atoms with E-state index in [0.29, 0.717) is 11.8 Å². The van der Waals surface area contributed by atoms with Gasteiger partial charge >= 0.3 is 12.1 Å². The van der Waals surface area contributed by atoms with E-state index >= 15 is 0 Å². The van der Waals surface area contributed by atoms with E-state index in [1.807, 2.05) is 0 Å². The number of ether oxygens (including phenoxy) is 1. The van der Waals surface area contributed by atoms with Gasteiger partial charge in [-0.05, 0) is 25.1 Å². The molecule has 2 heterocycles. The predicted molar refractivity (Wildman–Crippen MR) is 94.6 cm³/mol. The fourth-order valence-electron chi connectivity index (χ4n) is 2.34. The molecule has 0 saturated carbocycles. The van der Waals surface area contributed by atoms with Crippen LogP contribution in [-0.4, -0.2) is 37.2 Å². The number of nitrogens with one attached hydrogen (secondary N) is 1. The number of methoxy groups -OCH3 is 1. The van der Waals surface area contributed by atoms with Crippen LogP contribution in [0.15, 0.2) is 29.3 Å². The number of hydrogen-bond donors (Lipinski definition) is 1. The van der Waals surface area contributed by atoms with E-state index in [4.69, 9.17) is 0 Å². The predicted octanol–water partition coefficient (Wildman–Crippen LogP) is 3.00. The molecule has 1 N–H and O–H groups in total. The monoisotopic (exact) mass is 417 g/mol. The first-order chi connectivity index (χ1) is 13.0. The van der Waals surface area contributed by atoms with Crippen LogP contribution < -0.4 is 5.32 Å². The summed E-state index contributed by atoms with van der Waals surface area (Å²) >= 11 is 0. The van der Waals surface area contributed by atoms with Gasteiger partial charge in [0.1, 0.15) is 16.4 Å². The second-order valence-corrected chi connectivity index (χ2v) is 8.02. The number of sulfone groups is 1. The van der Waals surface area contributed by atoms with E-state index in [1.54, 1.807) is 6.92 Å². The molecular weight excluding hydrogens is 399 g/mol. The number of aromatic nitrogens is 2. The minimum absolute atomic E-state index is 0.0394. The molecule has 0 saturated heterocycles. The van der Waals surface area contributed by atoms with Crippen LogP contribution in [0.2, 0.25) is 0 Å². The van der Waals surface area contributed by atoms with Crippen molar-refractivity contribution in [1.82, 2.24) is 9.97 Å². The van der Waals surface area contributed by atoms with E-state index in [1.165, 1.54) is 19.1 Å². The number of halogens is 3. The van der Waals surface area contributed by atoms with E-state index in [0.717, 1.165) is 13.3 Å². The van der Waals surface area contributed by atoms with Gasteiger partial charge in [0, 0.05) is 24.0 Å². The second kappa shape index (κ2) is 8.13. The van der Waals surface area contributed by atoms with Gasteiger partial charge in [-0.25, -0.2) is 18.2 Å². The van der Waals surface area contributed by atoms with Crippen molar-refractivity contribution in [2.24, 2.45) is 0 Å². The summed E-state index contributed by atoms with van der Waals surface area (Å²) in [6.07, 6.45) is -3.83. The lowest BCUT2D eigenvalue weighted by atomic mass is 10.1. The Morgan fingerprint density at radius 3 is 2.54 bits per heavy atom. The molecule has 0 aliphatic heterocycles. The van der Waals surface area contributed by atoms with Crippen LogP contribution in [0.25, 0.3) is 0 Å². The maximum atomic E-state index is 12.9. The first-order valence-corrected chi connectivity index (χ1v) is 9.73. The molecule has 0 spiro atoms. The van der Waals surface area contributed by atoms with Crippen molar-refractivity contribution < 1.29 is 31.1 Å². The smallest absolute Gasteiger partial charge is 0.433 e. The van der Waals surface area contributed by atoms with Crippen LogP contribution >= 0.6 is 0 Å². The number of alkyl halides is 3. The highest BCUT2D eigenvalue weighted by Crippen LogP contribution is 2.29. The van der Waals surface area contributed by atoms with Crippen molar-refractivity contribution in [3.8, 4) is 0 Å². The van der Waals surface area contributed by atoms with Crippen molar-refractivity contribution >= 4 is 21.6 Å². The Labute approximate surface area is 159 Å². The van der Waals surface area contributed by atoms with Crippen molar-refractivity contribution in [3.05, 3.63) is 46.9 Å². The molecule has 0 bridgehead atoms. The quantitative estimate of drug-likeness (QED) is 0.722. The minimum Gasteiger partial charge on any atom is -0.465 e. The first kappa shape index (κ1) is 21.6. The van der Waals surface area contributed by atoms with Gasteiger partial charge in [0.2, 0.25) is 0 Å². The van der Waals surface area contributed by atoms with Gasteiger partial charge in [-0.2, -0.15) is 13.2 Å². The van der Waals surface area contributed by atoms with Crippen molar-refractivity contribution in [2.45, 2.75) is 31.5 Å². The standard InChI is InChI=1S/C17H18F3N3O4S/c1-4-28(25,26)13-6-5-10(2)23-15(13)22-9-11-8-21-14(17(18,19)20)7-12(11)16(24)27-3/h5-8H,4,9H2,1-3H3,(H,22,23). The zero-order chi connectivity index (χ0) is 21.1. The average molecular weight is 417 g/mol. The lowest BCUT2D eigenvalue weighted by Crippen LogP contribution is -2.16. The molecule has 0 unspecified atom stereocenters. The van der Waals surface area contributed by atoms with E-state index in [-0.39, 0.29) is 34.1 Å². The molecular formula is C17H18F3N3O4S. The van der Waals surface area contributed by atoms with Crippen molar-refractivity contribution in [1.29, 1.82) is 0 Å². The Kier molecular flexibility index (Phi) is 6.27. The molecule has 2 aromatic heterocycles. The number of pyridine rings is 2. The van der Waals surface area contributed by atoms with E-state index in [2.05, 4.69) is 20.0 Å². The molecule has 7 nitrogen and oxygen atoms in total. The molecule has 0 radical (unpaired) electrons. The summed E-state index contributed by atoms with van der Waals surface area (Å²) in [5.74, 6) is -1.08. The largest absolute Gasteiger partial charge is 0.465 e. The fourth-order valence-corrected chi connectivity index (χ4v) is 3.33. The molecule has 28 heavy (non-hydrogen) atoms. The zero-order valence-corrected chi connectivity index (χ0v) is 16.1. The fraction of sp³-hybridized carbons (Fsp3) is 0.353. The topological polar surface area (TPSA) is 98.3 Å². The Morgan fingerprint density at radius 2 is 1.96 bits per heavy atom. The highest BCUT2D eigenvalue weighted by atomic mass is 32.2. The molecule has 0 aromatic carbocycles. The maximum absolute atomic E-state index is 12.9. The van der Waals surface area contributed by atoms with Crippen LogP contribution in [0.5, 0.6) is 0 Å². The summed E-state index contributed by atoms with van der Waals surface area (Å²) < 4.78 is 67.6. The molecule has 0 aliphatic carbocycles. The summed E-state index contributed by atoms with van der Waals surface area (Å²) in [4.78, 5) is 19.3. The minimum atomic E-state index is -4.73. The van der Waals surface area contributed by atoms with Crippen LogP contribution in [-0.2, 0) is 27.3 Å². The number of hydrogen-bond acceptors (Lipinski definition) is 7. The second-order valence-electron chi connectivity index (χ2n) is 5.77. The first-order valence-electron chi connectivity index (χ1n) is 8.08. The third-order valence-corrected chi connectivity index (χ3v) is 5.60. The van der Waals surface area contributed by atoms with Gasteiger partial charge in [-0.3, -0.25) is 4.98 Å². The maximum Gasteiger partial charge on any atom is 0.433 e.